The topological polar surface area (TPSA) is 59.8 Å². The van der Waals surface area contributed by atoms with Crippen LogP contribution in [0.4, 0.5) is 0 Å². The first-order valence-corrected chi connectivity index (χ1v) is 9.44. The second-order valence-electron chi connectivity index (χ2n) is 6.77. The second-order valence-corrected chi connectivity index (χ2v) is 6.77. The Labute approximate surface area is 160 Å². The molecule has 140 valence electrons. The first-order valence-electron chi connectivity index (χ1n) is 9.44. The molecular formula is C22H26N4O. The molecule has 0 aliphatic carbocycles. The van der Waals surface area contributed by atoms with Crippen molar-refractivity contribution in [2.45, 2.75) is 45.6 Å². The van der Waals surface area contributed by atoms with Gasteiger partial charge in [-0.15, -0.1) is 0 Å². The number of rotatable bonds is 8. The molecule has 0 bridgehead atoms. The van der Waals surface area contributed by atoms with Gasteiger partial charge in [-0.2, -0.15) is 5.10 Å². The molecule has 0 fully saturated rings. The van der Waals surface area contributed by atoms with Crippen molar-refractivity contribution in [3.05, 3.63) is 77.7 Å². The Bertz CT molecular complexity index is 859. The fraction of sp³-hybridized carbons (Fsp3) is 0.318. The molecule has 1 atom stereocenters. The van der Waals surface area contributed by atoms with E-state index in [1.807, 2.05) is 44.3 Å². The minimum absolute atomic E-state index is 0.0796. The average molecular weight is 362 g/mol. The molecule has 1 N–H and O–H groups in total. The van der Waals surface area contributed by atoms with Crippen molar-refractivity contribution in [3.8, 4) is 5.82 Å². The van der Waals surface area contributed by atoms with Gasteiger partial charge in [0.05, 0.1) is 12.2 Å². The SMILES string of the molecule is Cc1c(C(C)NC(=O)CCCCc2ccccc2)cnn1-c1ccccn1. The van der Waals surface area contributed by atoms with E-state index < -0.39 is 0 Å². The van der Waals surface area contributed by atoms with Crippen LogP contribution < -0.4 is 5.32 Å². The Kier molecular flexibility index (Phi) is 6.36. The van der Waals surface area contributed by atoms with Crippen molar-refractivity contribution in [2.75, 3.05) is 0 Å². The van der Waals surface area contributed by atoms with E-state index in [9.17, 15) is 4.79 Å². The van der Waals surface area contributed by atoms with Crippen LogP contribution in [0.25, 0.3) is 5.82 Å². The zero-order valence-electron chi connectivity index (χ0n) is 15.9. The van der Waals surface area contributed by atoms with Crippen LogP contribution in [-0.2, 0) is 11.2 Å². The van der Waals surface area contributed by atoms with Crippen LogP contribution in [-0.4, -0.2) is 20.7 Å². The van der Waals surface area contributed by atoms with Gasteiger partial charge in [0.1, 0.15) is 0 Å². The molecule has 3 aromatic rings. The number of amides is 1. The summed E-state index contributed by atoms with van der Waals surface area (Å²) in [6.07, 6.45) is 7.02. The maximum atomic E-state index is 12.3. The predicted molar refractivity (Wildman–Crippen MR) is 107 cm³/mol. The highest BCUT2D eigenvalue weighted by atomic mass is 16.1. The molecule has 2 heterocycles. The quantitative estimate of drug-likeness (QED) is 0.612. The summed E-state index contributed by atoms with van der Waals surface area (Å²) in [7, 11) is 0. The normalized spacial score (nSPS) is 11.9. The number of aryl methyl sites for hydroxylation is 1. The molecule has 2 aromatic heterocycles. The van der Waals surface area contributed by atoms with Crippen LogP contribution in [0.1, 0.15) is 49.0 Å². The Morgan fingerprint density at radius 3 is 2.63 bits per heavy atom. The number of carbonyl (C=O) groups is 1. The summed E-state index contributed by atoms with van der Waals surface area (Å²) in [5.41, 5.74) is 3.33. The molecular weight excluding hydrogens is 336 g/mol. The Morgan fingerprint density at radius 1 is 1.11 bits per heavy atom. The number of nitrogens with zero attached hydrogens (tertiary/aromatic N) is 3. The van der Waals surface area contributed by atoms with Gasteiger partial charge in [0.2, 0.25) is 5.91 Å². The van der Waals surface area contributed by atoms with E-state index in [2.05, 4.69) is 39.7 Å². The fourth-order valence-electron chi connectivity index (χ4n) is 3.21. The highest BCUT2D eigenvalue weighted by Crippen LogP contribution is 2.19. The molecule has 1 unspecified atom stereocenters. The summed E-state index contributed by atoms with van der Waals surface area (Å²) in [5.74, 6) is 0.862. The van der Waals surface area contributed by atoms with Crippen molar-refractivity contribution in [2.24, 2.45) is 0 Å². The number of nitrogens with one attached hydrogen (secondary N) is 1. The van der Waals surface area contributed by atoms with E-state index in [4.69, 9.17) is 0 Å². The number of hydrogen-bond acceptors (Lipinski definition) is 3. The standard InChI is InChI=1S/C22H26N4O/c1-17(20-16-24-26(18(20)2)21-13-8-9-15-23-21)25-22(27)14-7-6-12-19-10-4-3-5-11-19/h3-5,8-11,13,15-17H,6-7,12,14H2,1-2H3,(H,25,27). The molecule has 3 rings (SSSR count). The lowest BCUT2D eigenvalue weighted by Crippen LogP contribution is -2.26. The molecule has 0 spiro atoms. The van der Waals surface area contributed by atoms with Gasteiger partial charge in [0.25, 0.3) is 0 Å². The number of carbonyl (C=O) groups excluding carboxylic acids is 1. The van der Waals surface area contributed by atoms with E-state index in [1.54, 1.807) is 10.9 Å². The van der Waals surface area contributed by atoms with Gasteiger partial charge < -0.3 is 5.32 Å². The smallest absolute Gasteiger partial charge is 0.220 e. The summed E-state index contributed by atoms with van der Waals surface area (Å²) in [6, 6.07) is 16.0. The molecule has 0 aliphatic heterocycles. The highest BCUT2D eigenvalue weighted by Gasteiger charge is 2.16. The molecule has 27 heavy (non-hydrogen) atoms. The first kappa shape index (κ1) is 18.8. The molecule has 1 amide bonds. The van der Waals surface area contributed by atoms with Crippen LogP contribution in [0.3, 0.4) is 0 Å². The molecule has 1 aromatic carbocycles. The van der Waals surface area contributed by atoms with Gasteiger partial charge in [-0.05, 0) is 50.8 Å². The fourth-order valence-corrected chi connectivity index (χ4v) is 3.21. The zero-order chi connectivity index (χ0) is 19.1. The summed E-state index contributed by atoms with van der Waals surface area (Å²) in [5, 5.41) is 7.51. The van der Waals surface area contributed by atoms with Gasteiger partial charge in [-0.3, -0.25) is 4.79 Å². The van der Waals surface area contributed by atoms with Gasteiger partial charge >= 0.3 is 0 Å². The van der Waals surface area contributed by atoms with Crippen LogP contribution in [0.5, 0.6) is 0 Å². The molecule has 0 saturated heterocycles. The van der Waals surface area contributed by atoms with E-state index >= 15 is 0 Å². The van der Waals surface area contributed by atoms with E-state index in [0.29, 0.717) is 6.42 Å². The summed E-state index contributed by atoms with van der Waals surface area (Å²) in [6.45, 7) is 3.99. The first-order chi connectivity index (χ1) is 13.1. The Balaban J connectivity index is 1.49. The largest absolute Gasteiger partial charge is 0.349 e. The lowest BCUT2D eigenvalue weighted by Gasteiger charge is -2.14. The lowest BCUT2D eigenvalue weighted by atomic mass is 10.1. The predicted octanol–water partition coefficient (Wildman–Crippen LogP) is 4.17. The summed E-state index contributed by atoms with van der Waals surface area (Å²) < 4.78 is 1.80. The van der Waals surface area contributed by atoms with E-state index in [1.165, 1.54) is 5.56 Å². The Morgan fingerprint density at radius 2 is 1.89 bits per heavy atom. The van der Waals surface area contributed by atoms with Crippen molar-refractivity contribution >= 4 is 5.91 Å². The average Bonchev–Trinajstić information content (AvgIpc) is 3.08. The van der Waals surface area contributed by atoms with Gasteiger partial charge in [0.15, 0.2) is 5.82 Å². The number of hydrogen-bond donors (Lipinski definition) is 1. The highest BCUT2D eigenvalue weighted by molar-refractivity contribution is 5.76. The number of benzene rings is 1. The number of aromatic nitrogens is 3. The molecule has 0 saturated carbocycles. The van der Waals surface area contributed by atoms with Crippen molar-refractivity contribution in [1.82, 2.24) is 20.1 Å². The minimum Gasteiger partial charge on any atom is -0.349 e. The molecule has 0 radical (unpaired) electrons. The third-order valence-corrected chi connectivity index (χ3v) is 4.72. The van der Waals surface area contributed by atoms with Crippen LogP contribution >= 0.6 is 0 Å². The maximum absolute atomic E-state index is 12.3. The summed E-state index contributed by atoms with van der Waals surface area (Å²) >= 11 is 0. The minimum atomic E-state index is -0.0796. The number of pyridine rings is 1. The van der Waals surface area contributed by atoms with Gasteiger partial charge in [-0.1, -0.05) is 36.4 Å². The van der Waals surface area contributed by atoms with Crippen molar-refractivity contribution in [3.63, 3.8) is 0 Å². The molecule has 5 heteroatoms. The van der Waals surface area contributed by atoms with E-state index in [0.717, 1.165) is 36.3 Å². The molecule has 5 nitrogen and oxygen atoms in total. The number of unbranched alkanes of at least 4 members (excludes halogenated alkanes) is 1. The van der Waals surface area contributed by atoms with Crippen LogP contribution in [0.2, 0.25) is 0 Å². The molecule has 0 aliphatic rings. The van der Waals surface area contributed by atoms with Crippen LogP contribution in [0.15, 0.2) is 60.9 Å². The third kappa shape index (κ3) is 5.03. The third-order valence-electron chi connectivity index (χ3n) is 4.72. The van der Waals surface area contributed by atoms with Gasteiger partial charge in [0, 0.05) is 23.9 Å². The second kappa shape index (κ2) is 9.12. The summed E-state index contributed by atoms with van der Waals surface area (Å²) in [4.78, 5) is 16.6. The van der Waals surface area contributed by atoms with Crippen LogP contribution in [0, 0.1) is 6.92 Å². The van der Waals surface area contributed by atoms with Gasteiger partial charge in [-0.25, -0.2) is 9.67 Å². The van der Waals surface area contributed by atoms with Crippen molar-refractivity contribution < 1.29 is 4.79 Å². The monoisotopic (exact) mass is 362 g/mol. The zero-order valence-corrected chi connectivity index (χ0v) is 15.9. The Hall–Kier alpha value is -2.95. The lowest BCUT2D eigenvalue weighted by molar-refractivity contribution is -0.121. The van der Waals surface area contributed by atoms with Crippen molar-refractivity contribution in [1.29, 1.82) is 0 Å². The van der Waals surface area contributed by atoms with E-state index in [-0.39, 0.29) is 11.9 Å². The maximum Gasteiger partial charge on any atom is 0.220 e.